The highest BCUT2D eigenvalue weighted by atomic mass is 127. The number of nitrogens with zero attached hydrogens (tertiary/aromatic N) is 2. The van der Waals surface area contributed by atoms with Gasteiger partial charge in [-0.3, -0.25) is 0 Å². The summed E-state index contributed by atoms with van der Waals surface area (Å²) in [5, 5.41) is 0. The second kappa shape index (κ2) is 5.57. The monoisotopic (exact) mass is 362 g/mol. The van der Waals surface area contributed by atoms with E-state index in [9.17, 15) is 0 Å². The van der Waals surface area contributed by atoms with Crippen LogP contribution in [-0.2, 0) is 5.88 Å². The first-order valence-corrected chi connectivity index (χ1v) is 7.54. The molecule has 4 heteroatoms. The van der Waals surface area contributed by atoms with Gasteiger partial charge in [0, 0.05) is 9.61 Å². The maximum Gasteiger partial charge on any atom is 0.125 e. The lowest BCUT2D eigenvalue weighted by atomic mass is 10.1. The first kappa shape index (κ1) is 13.1. The van der Waals surface area contributed by atoms with Gasteiger partial charge in [0.05, 0.1) is 16.9 Å². The zero-order chi connectivity index (χ0) is 12.4. The normalized spacial score (nSPS) is 11.6. The van der Waals surface area contributed by atoms with Gasteiger partial charge in [0.1, 0.15) is 5.82 Å². The molecule has 0 spiro atoms. The molecule has 0 aliphatic rings. The highest BCUT2D eigenvalue weighted by Crippen LogP contribution is 2.27. The van der Waals surface area contributed by atoms with E-state index in [4.69, 9.17) is 11.6 Å². The van der Waals surface area contributed by atoms with E-state index in [-0.39, 0.29) is 0 Å². The topological polar surface area (TPSA) is 17.8 Å². The van der Waals surface area contributed by atoms with Crippen LogP contribution >= 0.6 is 34.2 Å². The molecule has 2 aromatic rings. The number of hydrogen-bond donors (Lipinski definition) is 0. The zero-order valence-electron chi connectivity index (χ0n) is 10.1. The first-order valence-electron chi connectivity index (χ1n) is 5.93. The number of fused-ring (bicyclic) bond motifs is 1. The summed E-state index contributed by atoms with van der Waals surface area (Å²) in [7, 11) is 0. The number of alkyl halides is 1. The van der Waals surface area contributed by atoms with E-state index in [0.29, 0.717) is 11.9 Å². The number of rotatable bonds is 4. The SMILES string of the molecule is CCC(CC)n1c(CCl)nc2cc(I)ccc21. The van der Waals surface area contributed by atoms with E-state index in [0.717, 1.165) is 24.2 Å². The minimum absolute atomic E-state index is 0.474. The maximum absolute atomic E-state index is 6.02. The Bertz CT molecular complexity index is 517. The van der Waals surface area contributed by atoms with Gasteiger partial charge in [0.25, 0.3) is 0 Å². The van der Waals surface area contributed by atoms with E-state index in [1.165, 1.54) is 9.09 Å². The van der Waals surface area contributed by atoms with Crippen molar-refractivity contribution in [2.24, 2.45) is 0 Å². The molecule has 0 N–H and O–H groups in total. The van der Waals surface area contributed by atoms with E-state index in [2.05, 4.69) is 64.2 Å². The molecule has 0 saturated heterocycles. The maximum atomic E-state index is 6.02. The molecule has 0 fully saturated rings. The minimum Gasteiger partial charge on any atom is -0.324 e. The molecule has 0 amide bonds. The average molecular weight is 363 g/mol. The second-order valence-corrected chi connectivity index (χ2v) is 5.65. The fraction of sp³-hybridized carbons (Fsp3) is 0.462. The zero-order valence-corrected chi connectivity index (χ0v) is 13.0. The summed E-state index contributed by atoms with van der Waals surface area (Å²) in [4.78, 5) is 4.64. The van der Waals surface area contributed by atoms with Gasteiger partial charge in [0.2, 0.25) is 0 Å². The average Bonchev–Trinajstić information content (AvgIpc) is 2.69. The van der Waals surface area contributed by atoms with Crippen LogP contribution in [0.15, 0.2) is 18.2 Å². The largest absolute Gasteiger partial charge is 0.324 e. The summed E-state index contributed by atoms with van der Waals surface area (Å²) in [5.74, 6) is 1.46. The lowest BCUT2D eigenvalue weighted by Gasteiger charge is -2.18. The molecule has 1 aromatic heterocycles. The number of aromatic nitrogens is 2. The number of imidazole rings is 1. The van der Waals surface area contributed by atoms with Crippen molar-refractivity contribution in [3.8, 4) is 0 Å². The van der Waals surface area contributed by atoms with Crippen molar-refractivity contribution in [2.75, 3.05) is 0 Å². The van der Waals surface area contributed by atoms with Crippen molar-refractivity contribution >= 4 is 45.2 Å². The molecule has 0 bridgehead atoms. The summed E-state index contributed by atoms with van der Waals surface area (Å²) >= 11 is 8.33. The molecule has 0 saturated carbocycles. The van der Waals surface area contributed by atoms with E-state index >= 15 is 0 Å². The Labute approximate surface area is 121 Å². The van der Waals surface area contributed by atoms with Gasteiger partial charge in [-0.1, -0.05) is 13.8 Å². The third-order valence-electron chi connectivity index (χ3n) is 3.15. The Hall–Kier alpha value is -0.290. The lowest BCUT2D eigenvalue weighted by molar-refractivity contribution is 0.472. The van der Waals surface area contributed by atoms with Crippen molar-refractivity contribution in [3.63, 3.8) is 0 Å². The number of hydrogen-bond acceptors (Lipinski definition) is 1. The summed E-state index contributed by atoms with van der Waals surface area (Å²) < 4.78 is 3.52. The van der Waals surface area contributed by atoms with Crippen LogP contribution in [0.3, 0.4) is 0 Å². The lowest BCUT2D eigenvalue weighted by Crippen LogP contribution is -2.09. The molecule has 2 rings (SSSR count). The highest BCUT2D eigenvalue weighted by Gasteiger charge is 2.15. The van der Waals surface area contributed by atoms with Crippen molar-refractivity contribution in [1.29, 1.82) is 0 Å². The van der Waals surface area contributed by atoms with Crippen LogP contribution in [0.4, 0.5) is 0 Å². The Kier molecular flexibility index (Phi) is 4.31. The Morgan fingerprint density at radius 3 is 2.65 bits per heavy atom. The summed E-state index contributed by atoms with van der Waals surface area (Å²) in [6, 6.07) is 6.89. The molecule has 17 heavy (non-hydrogen) atoms. The molecular formula is C13H16ClIN2. The van der Waals surface area contributed by atoms with Gasteiger partial charge in [-0.2, -0.15) is 0 Å². The van der Waals surface area contributed by atoms with Crippen LogP contribution in [0.1, 0.15) is 38.6 Å². The third kappa shape index (κ3) is 2.45. The van der Waals surface area contributed by atoms with E-state index < -0.39 is 0 Å². The fourth-order valence-electron chi connectivity index (χ4n) is 2.28. The molecule has 0 aliphatic carbocycles. The first-order chi connectivity index (χ1) is 8.21. The summed E-state index contributed by atoms with van der Waals surface area (Å²) in [6.45, 7) is 4.43. The van der Waals surface area contributed by atoms with Crippen LogP contribution in [0.25, 0.3) is 11.0 Å². The third-order valence-corrected chi connectivity index (χ3v) is 4.06. The number of halogens is 2. The van der Waals surface area contributed by atoms with Crippen LogP contribution in [-0.4, -0.2) is 9.55 Å². The molecule has 1 aromatic carbocycles. The summed E-state index contributed by atoms with van der Waals surface area (Å²) in [5.41, 5.74) is 2.26. The smallest absolute Gasteiger partial charge is 0.125 e. The van der Waals surface area contributed by atoms with Gasteiger partial charge >= 0.3 is 0 Å². The minimum atomic E-state index is 0.474. The van der Waals surface area contributed by atoms with Crippen molar-refractivity contribution < 1.29 is 0 Å². The standard InChI is InChI=1S/C13H16ClIN2/c1-3-10(4-2)17-12-6-5-9(15)7-11(12)16-13(17)8-14/h5-7,10H,3-4,8H2,1-2H3. The van der Waals surface area contributed by atoms with Gasteiger partial charge in [0.15, 0.2) is 0 Å². The van der Waals surface area contributed by atoms with Crippen molar-refractivity contribution in [3.05, 3.63) is 27.6 Å². The summed E-state index contributed by atoms with van der Waals surface area (Å²) in [6.07, 6.45) is 2.22. The number of benzene rings is 1. The van der Waals surface area contributed by atoms with Crippen LogP contribution in [0.5, 0.6) is 0 Å². The molecule has 92 valence electrons. The molecule has 0 radical (unpaired) electrons. The molecule has 0 aliphatic heterocycles. The Morgan fingerprint density at radius 2 is 2.06 bits per heavy atom. The van der Waals surface area contributed by atoms with Crippen LogP contribution < -0.4 is 0 Å². The van der Waals surface area contributed by atoms with Gasteiger partial charge in [-0.25, -0.2) is 4.98 Å². The van der Waals surface area contributed by atoms with Crippen molar-refractivity contribution in [1.82, 2.24) is 9.55 Å². The van der Waals surface area contributed by atoms with E-state index in [1.807, 2.05) is 0 Å². The molecule has 0 atom stereocenters. The molecule has 0 unspecified atom stereocenters. The fourth-order valence-corrected chi connectivity index (χ4v) is 2.94. The Balaban J connectivity index is 2.65. The molecule has 2 nitrogen and oxygen atoms in total. The highest BCUT2D eigenvalue weighted by molar-refractivity contribution is 14.1. The van der Waals surface area contributed by atoms with Crippen LogP contribution in [0.2, 0.25) is 0 Å². The van der Waals surface area contributed by atoms with E-state index in [1.54, 1.807) is 0 Å². The van der Waals surface area contributed by atoms with Gasteiger partial charge in [-0.05, 0) is 53.6 Å². The van der Waals surface area contributed by atoms with Crippen molar-refractivity contribution in [2.45, 2.75) is 38.6 Å². The second-order valence-electron chi connectivity index (χ2n) is 4.14. The molecular weight excluding hydrogens is 347 g/mol. The Morgan fingerprint density at radius 1 is 1.35 bits per heavy atom. The van der Waals surface area contributed by atoms with Crippen LogP contribution in [0, 0.1) is 3.57 Å². The predicted molar refractivity (Wildman–Crippen MR) is 81.6 cm³/mol. The molecule has 1 heterocycles. The predicted octanol–water partition coefficient (Wildman–Crippen LogP) is 4.74. The van der Waals surface area contributed by atoms with Gasteiger partial charge in [-0.15, -0.1) is 11.6 Å². The van der Waals surface area contributed by atoms with Gasteiger partial charge < -0.3 is 4.57 Å². The quantitative estimate of drug-likeness (QED) is 0.567.